The van der Waals surface area contributed by atoms with Crippen molar-refractivity contribution in [3.63, 3.8) is 0 Å². The lowest BCUT2D eigenvalue weighted by atomic mass is 10.1. The fourth-order valence-electron chi connectivity index (χ4n) is 2.58. The summed E-state index contributed by atoms with van der Waals surface area (Å²) >= 11 is 5.98. The van der Waals surface area contributed by atoms with Crippen LogP contribution in [0.25, 0.3) is 0 Å². The number of nitrogens with one attached hydrogen (secondary N) is 1. The van der Waals surface area contributed by atoms with Crippen LogP contribution in [0, 0.1) is 6.92 Å². The summed E-state index contributed by atoms with van der Waals surface area (Å²) < 4.78 is 5.56. The van der Waals surface area contributed by atoms with Crippen LogP contribution in [0.1, 0.15) is 22.8 Å². The number of likely N-dealkylation sites (N-methyl/N-ethyl adjacent to an activating group) is 1. The molecule has 0 bridgehead atoms. The lowest BCUT2D eigenvalue weighted by Gasteiger charge is -2.30. The van der Waals surface area contributed by atoms with Crippen LogP contribution in [0.15, 0.2) is 36.4 Å². The average Bonchev–Trinajstić information content (AvgIpc) is 2.56. The van der Waals surface area contributed by atoms with E-state index in [4.69, 9.17) is 16.3 Å². The van der Waals surface area contributed by atoms with Crippen molar-refractivity contribution >= 4 is 34.8 Å². The molecule has 2 aromatic carbocycles. The fourth-order valence-corrected chi connectivity index (χ4v) is 2.75. The number of amides is 2. The standard InChI is InChI=1S/C18H17ClN2O3/c1-10-4-6-13(19)9-14(10)20-17(22)12-5-7-16-15(8-12)21(3)18(23)11(2)24-16/h4-9,11H,1-3H3,(H,20,22). The first-order chi connectivity index (χ1) is 11.4. The van der Waals surface area contributed by atoms with Gasteiger partial charge in [0.2, 0.25) is 0 Å². The SMILES string of the molecule is Cc1ccc(Cl)cc1NC(=O)c1ccc2c(c1)N(C)C(=O)C(C)O2. The van der Waals surface area contributed by atoms with Crippen LogP contribution in [0.5, 0.6) is 5.75 Å². The third kappa shape index (κ3) is 2.95. The third-order valence-electron chi connectivity index (χ3n) is 4.01. The molecule has 1 heterocycles. The number of fused-ring (bicyclic) bond motifs is 1. The van der Waals surface area contributed by atoms with Crippen molar-refractivity contribution in [2.45, 2.75) is 20.0 Å². The molecule has 3 rings (SSSR count). The van der Waals surface area contributed by atoms with E-state index in [9.17, 15) is 9.59 Å². The average molecular weight is 345 g/mol. The Balaban J connectivity index is 1.89. The summed E-state index contributed by atoms with van der Waals surface area (Å²) in [5.74, 6) is 0.161. The number of hydrogen-bond donors (Lipinski definition) is 1. The molecule has 5 nitrogen and oxygen atoms in total. The second kappa shape index (κ2) is 6.17. The summed E-state index contributed by atoms with van der Waals surface area (Å²) in [6.45, 7) is 3.59. The predicted molar refractivity (Wildman–Crippen MR) is 94.1 cm³/mol. The summed E-state index contributed by atoms with van der Waals surface area (Å²) in [6.07, 6.45) is -0.531. The van der Waals surface area contributed by atoms with Crippen molar-refractivity contribution in [1.29, 1.82) is 0 Å². The Morgan fingerprint density at radius 1 is 1.25 bits per heavy atom. The van der Waals surface area contributed by atoms with Gasteiger partial charge in [-0.2, -0.15) is 0 Å². The molecule has 0 spiro atoms. The van der Waals surface area contributed by atoms with Gasteiger partial charge in [-0.15, -0.1) is 0 Å². The van der Waals surface area contributed by atoms with Crippen molar-refractivity contribution in [2.75, 3.05) is 17.3 Å². The predicted octanol–water partition coefficient (Wildman–Crippen LogP) is 3.64. The maximum Gasteiger partial charge on any atom is 0.267 e. The molecule has 2 amide bonds. The molecule has 0 aromatic heterocycles. The fraction of sp³-hybridized carbons (Fsp3) is 0.222. The number of carbonyl (C=O) groups excluding carboxylic acids is 2. The highest BCUT2D eigenvalue weighted by Crippen LogP contribution is 2.34. The van der Waals surface area contributed by atoms with E-state index in [1.807, 2.05) is 13.0 Å². The lowest BCUT2D eigenvalue weighted by molar-refractivity contribution is -0.125. The van der Waals surface area contributed by atoms with Gasteiger partial charge < -0.3 is 15.0 Å². The smallest absolute Gasteiger partial charge is 0.267 e. The molecule has 0 saturated carbocycles. The molecule has 124 valence electrons. The summed E-state index contributed by atoms with van der Waals surface area (Å²) in [4.78, 5) is 26.1. The zero-order valence-electron chi connectivity index (χ0n) is 13.6. The van der Waals surface area contributed by atoms with E-state index in [1.165, 1.54) is 4.90 Å². The second-order valence-electron chi connectivity index (χ2n) is 5.75. The highest BCUT2D eigenvalue weighted by atomic mass is 35.5. The van der Waals surface area contributed by atoms with Crippen LogP contribution < -0.4 is 15.0 Å². The number of halogens is 1. The number of hydrogen-bond acceptors (Lipinski definition) is 3. The van der Waals surface area contributed by atoms with E-state index in [1.54, 1.807) is 44.3 Å². The molecule has 0 aliphatic carbocycles. The van der Waals surface area contributed by atoms with E-state index in [2.05, 4.69) is 5.32 Å². The van der Waals surface area contributed by atoms with Crippen LogP contribution in [0.4, 0.5) is 11.4 Å². The summed E-state index contributed by atoms with van der Waals surface area (Å²) in [5, 5.41) is 3.39. The van der Waals surface area contributed by atoms with E-state index in [-0.39, 0.29) is 11.8 Å². The first-order valence-electron chi connectivity index (χ1n) is 7.52. The lowest BCUT2D eigenvalue weighted by Crippen LogP contribution is -2.42. The number of rotatable bonds is 2. The molecule has 1 aliphatic rings. The zero-order valence-corrected chi connectivity index (χ0v) is 14.3. The van der Waals surface area contributed by atoms with Gasteiger partial charge in [-0.1, -0.05) is 17.7 Å². The van der Waals surface area contributed by atoms with Gasteiger partial charge in [-0.25, -0.2) is 0 Å². The summed E-state index contributed by atoms with van der Waals surface area (Å²) in [6, 6.07) is 10.3. The molecule has 6 heteroatoms. The minimum absolute atomic E-state index is 0.147. The topological polar surface area (TPSA) is 58.6 Å². The number of aryl methyl sites for hydroxylation is 1. The molecule has 1 atom stereocenters. The van der Waals surface area contributed by atoms with Crippen molar-refractivity contribution < 1.29 is 14.3 Å². The Kier molecular flexibility index (Phi) is 4.20. The van der Waals surface area contributed by atoms with Gasteiger partial charge in [0.05, 0.1) is 5.69 Å². The molecule has 0 saturated heterocycles. The Bertz CT molecular complexity index is 835. The highest BCUT2D eigenvalue weighted by molar-refractivity contribution is 6.31. The Labute approximate surface area is 145 Å². The van der Waals surface area contributed by atoms with Gasteiger partial charge in [0, 0.05) is 23.3 Å². The number of ether oxygens (including phenoxy) is 1. The van der Waals surface area contributed by atoms with E-state index in [0.717, 1.165) is 5.56 Å². The first kappa shape index (κ1) is 16.3. The molecule has 0 fully saturated rings. The van der Waals surface area contributed by atoms with Crippen molar-refractivity contribution in [2.24, 2.45) is 0 Å². The third-order valence-corrected chi connectivity index (χ3v) is 4.25. The van der Waals surface area contributed by atoms with Crippen LogP contribution in [0.2, 0.25) is 5.02 Å². The second-order valence-corrected chi connectivity index (χ2v) is 6.19. The Morgan fingerprint density at radius 3 is 2.75 bits per heavy atom. The molecular formula is C18H17ClN2O3. The van der Waals surface area contributed by atoms with E-state index < -0.39 is 6.10 Å². The van der Waals surface area contributed by atoms with Gasteiger partial charge in [0.1, 0.15) is 5.75 Å². The maximum atomic E-state index is 12.5. The quantitative estimate of drug-likeness (QED) is 0.904. The molecule has 2 aromatic rings. The van der Waals surface area contributed by atoms with Crippen molar-refractivity contribution in [1.82, 2.24) is 0 Å². The first-order valence-corrected chi connectivity index (χ1v) is 7.90. The monoisotopic (exact) mass is 344 g/mol. The van der Waals surface area contributed by atoms with Gasteiger partial charge in [0.25, 0.3) is 11.8 Å². The zero-order chi connectivity index (χ0) is 17.4. The number of nitrogens with zero attached hydrogens (tertiary/aromatic N) is 1. The largest absolute Gasteiger partial charge is 0.479 e. The Morgan fingerprint density at radius 2 is 2.00 bits per heavy atom. The normalized spacial score (nSPS) is 16.4. The van der Waals surface area contributed by atoms with Crippen LogP contribution in [0.3, 0.4) is 0 Å². The van der Waals surface area contributed by atoms with Crippen LogP contribution >= 0.6 is 11.6 Å². The highest BCUT2D eigenvalue weighted by Gasteiger charge is 2.29. The molecule has 1 N–H and O–H groups in total. The molecule has 24 heavy (non-hydrogen) atoms. The maximum absolute atomic E-state index is 12.5. The molecular weight excluding hydrogens is 328 g/mol. The molecule has 1 aliphatic heterocycles. The number of benzene rings is 2. The van der Waals surface area contributed by atoms with Gasteiger partial charge in [-0.3, -0.25) is 9.59 Å². The summed E-state index contributed by atoms with van der Waals surface area (Å²) in [5.41, 5.74) is 2.58. The van der Waals surface area contributed by atoms with Crippen LogP contribution in [-0.2, 0) is 4.79 Å². The molecule has 0 radical (unpaired) electrons. The van der Waals surface area contributed by atoms with Gasteiger partial charge >= 0.3 is 0 Å². The minimum atomic E-state index is -0.531. The Hall–Kier alpha value is -2.53. The molecule has 1 unspecified atom stereocenters. The van der Waals surface area contributed by atoms with Gasteiger partial charge in [0.15, 0.2) is 6.10 Å². The minimum Gasteiger partial charge on any atom is -0.479 e. The van der Waals surface area contributed by atoms with E-state index >= 15 is 0 Å². The van der Waals surface area contributed by atoms with Gasteiger partial charge in [-0.05, 0) is 49.7 Å². The van der Waals surface area contributed by atoms with Crippen LogP contribution in [-0.4, -0.2) is 25.0 Å². The summed E-state index contributed by atoms with van der Waals surface area (Å²) in [7, 11) is 1.67. The number of carbonyl (C=O) groups is 2. The number of anilines is 2. The van der Waals surface area contributed by atoms with Crippen molar-refractivity contribution in [3.05, 3.63) is 52.5 Å². The van der Waals surface area contributed by atoms with Crippen molar-refractivity contribution in [3.8, 4) is 5.75 Å². The van der Waals surface area contributed by atoms with E-state index in [0.29, 0.717) is 27.7 Å².